The van der Waals surface area contributed by atoms with Crippen LogP contribution in [0.4, 0.5) is 0 Å². The van der Waals surface area contributed by atoms with E-state index in [1.807, 2.05) is 0 Å². The van der Waals surface area contributed by atoms with Gasteiger partial charge in [0.05, 0.1) is 13.2 Å². The van der Waals surface area contributed by atoms with E-state index in [0.29, 0.717) is 38.5 Å². The van der Waals surface area contributed by atoms with Crippen molar-refractivity contribution in [1.29, 1.82) is 0 Å². The minimum Gasteiger partial charge on any atom is -0.478 e. The molecule has 0 radical (unpaired) electrons. The van der Waals surface area contributed by atoms with Crippen LogP contribution >= 0.6 is 7.82 Å². The summed E-state index contributed by atoms with van der Waals surface area (Å²) in [6.45, 7) is 3.11. The molecule has 0 aliphatic carbocycles. The maximum atomic E-state index is 11.6. The first-order valence-corrected chi connectivity index (χ1v) is 9.57. The van der Waals surface area contributed by atoms with Crippen LogP contribution in [-0.2, 0) is 23.2 Å². The highest BCUT2D eigenvalue weighted by Crippen LogP contribution is 2.43. The Morgan fingerprint density at radius 1 is 0.840 bits per heavy atom. The molecule has 0 aromatic rings. The van der Waals surface area contributed by atoms with Gasteiger partial charge in [0.1, 0.15) is 0 Å². The fraction of sp³-hybridized carbons (Fsp3) is 0.625. The molecule has 25 heavy (non-hydrogen) atoms. The van der Waals surface area contributed by atoms with Gasteiger partial charge < -0.3 is 15.1 Å². The van der Waals surface area contributed by atoms with E-state index in [0.717, 1.165) is 0 Å². The molecular weight excluding hydrogens is 351 g/mol. The summed E-state index contributed by atoms with van der Waals surface area (Å²) < 4.78 is 21.3. The highest BCUT2D eigenvalue weighted by molar-refractivity contribution is 7.47. The Kier molecular flexibility index (Phi) is 12.1. The van der Waals surface area contributed by atoms with Crippen LogP contribution in [0.1, 0.15) is 52.4 Å². The van der Waals surface area contributed by atoms with E-state index >= 15 is 0 Å². The number of allylic oxidation sites excluding steroid dienone is 2. The van der Waals surface area contributed by atoms with Gasteiger partial charge in [-0.05, 0) is 52.4 Å². The predicted octanol–water partition coefficient (Wildman–Crippen LogP) is 3.52. The first-order valence-electron chi connectivity index (χ1n) is 8.07. The number of unbranched alkanes of at least 4 members (excludes halogenated alkanes) is 4. The van der Waals surface area contributed by atoms with E-state index in [1.165, 1.54) is 13.8 Å². The van der Waals surface area contributed by atoms with Crippen LogP contribution in [0.5, 0.6) is 0 Å². The predicted molar refractivity (Wildman–Crippen MR) is 92.2 cm³/mol. The first-order chi connectivity index (χ1) is 11.7. The number of aliphatic carboxylic acids is 2. The van der Waals surface area contributed by atoms with Gasteiger partial charge in [0.2, 0.25) is 0 Å². The summed E-state index contributed by atoms with van der Waals surface area (Å²) in [4.78, 5) is 30.6. The van der Waals surface area contributed by atoms with Crippen LogP contribution in [0.25, 0.3) is 0 Å². The Hall–Kier alpha value is -1.47. The molecule has 8 nitrogen and oxygen atoms in total. The maximum Gasteiger partial charge on any atom is 0.472 e. The molecule has 0 amide bonds. The van der Waals surface area contributed by atoms with Gasteiger partial charge >= 0.3 is 19.8 Å². The van der Waals surface area contributed by atoms with Crippen LogP contribution in [0.3, 0.4) is 0 Å². The standard InChI is InChI=1S/C16H27O8P/c1-13(15(17)18)9-5-3-7-11-23-25(21,22)24-12-8-4-6-10-14(2)16(19)20/h9-10H,3-8,11-12H2,1-2H3,(H,17,18)(H,19,20)(H,21,22). The van der Waals surface area contributed by atoms with Gasteiger partial charge in [-0.1, -0.05) is 12.2 Å². The molecule has 0 fully saturated rings. The van der Waals surface area contributed by atoms with E-state index in [4.69, 9.17) is 19.3 Å². The average molecular weight is 378 g/mol. The summed E-state index contributed by atoms with van der Waals surface area (Å²) in [5.74, 6) is -1.92. The summed E-state index contributed by atoms with van der Waals surface area (Å²) in [6, 6.07) is 0. The largest absolute Gasteiger partial charge is 0.478 e. The lowest BCUT2D eigenvalue weighted by molar-refractivity contribution is -0.133. The van der Waals surface area contributed by atoms with Crippen molar-refractivity contribution in [1.82, 2.24) is 0 Å². The lowest BCUT2D eigenvalue weighted by Gasteiger charge is -2.11. The zero-order chi connectivity index (χ0) is 19.3. The molecule has 0 aliphatic heterocycles. The number of phosphoric ester groups is 1. The quantitative estimate of drug-likeness (QED) is 0.238. The normalized spacial score (nSPS) is 15.0. The molecule has 0 aliphatic rings. The summed E-state index contributed by atoms with van der Waals surface area (Å²) in [7, 11) is -4.08. The summed E-state index contributed by atoms with van der Waals surface area (Å²) in [5.41, 5.74) is 0.538. The zero-order valence-electron chi connectivity index (χ0n) is 14.6. The minimum absolute atomic E-state index is 0.0499. The molecule has 0 saturated carbocycles. The maximum absolute atomic E-state index is 11.6. The van der Waals surface area contributed by atoms with Crippen LogP contribution in [0, 0.1) is 0 Å². The number of carbonyl (C=O) groups is 2. The zero-order valence-corrected chi connectivity index (χ0v) is 15.5. The van der Waals surface area contributed by atoms with Crippen molar-refractivity contribution < 1.29 is 38.3 Å². The van der Waals surface area contributed by atoms with Crippen molar-refractivity contribution in [2.45, 2.75) is 52.4 Å². The van der Waals surface area contributed by atoms with Gasteiger partial charge in [0.25, 0.3) is 0 Å². The second-order valence-electron chi connectivity index (χ2n) is 5.51. The molecule has 0 saturated heterocycles. The molecule has 0 aromatic carbocycles. The van der Waals surface area contributed by atoms with Crippen molar-refractivity contribution >= 4 is 19.8 Å². The first kappa shape index (κ1) is 23.5. The lowest BCUT2D eigenvalue weighted by atomic mass is 10.2. The minimum atomic E-state index is -4.08. The monoisotopic (exact) mass is 378 g/mol. The second kappa shape index (κ2) is 12.8. The van der Waals surface area contributed by atoms with Gasteiger partial charge in [0, 0.05) is 11.1 Å². The van der Waals surface area contributed by atoms with E-state index in [9.17, 15) is 19.0 Å². The molecular formula is C16H27O8P. The third-order valence-electron chi connectivity index (χ3n) is 3.28. The van der Waals surface area contributed by atoms with Crippen LogP contribution in [-0.4, -0.2) is 40.3 Å². The molecule has 9 heteroatoms. The van der Waals surface area contributed by atoms with E-state index in [-0.39, 0.29) is 24.4 Å². The van der Waals surface area contributed by atoms with Crippen molar-refractivity contribution in [3.63, 3.8) is 0 Å². The summed E-state index contributed by atoms with van der Waals surface area (Å²) >= 11 is 0. The Labute approximate surface area is 147 Å². The average Bonchev–Trinajstić information content (AvgIpc) is 2.53. The van der Waals surface area contributed by atoms with Gasteiger partial charge in [0.15, 0.2) is 0 Å². The van der Waals surface area contributed by atoms with Gasteiger partial charge in [-0.15, -0.1) is 0 Å². The number of hydrogen-bond acceptors (Lipinski definition) is 5. The van der Waals surface area contributed by atoms with Crippen molar-refractivity contribution in [2.24, 2.45) is 0 Å². The third kappa shape index (κ3) is 13.5. The summed E-state index contributed by atoms with van der Waals surface area (Å²) in [5, 5.41) is 17.3. The number of carboxylic acids is 2. The van der Waals surface area contributed by atoms with Gasteiger partial charge in [-0.2, -0.15) is 0 Å². The topological polar surface area (TPSA) is 130 Å². The van der Waals surface area contributed by atoms with E-state index < -0.39 is 19.8 Å². The van der Waals surface area contributed by atoms with Gasteiger partial charge in [-0.25, -0.2) is 14.2 Å². The molecule has 144 valence electrons. The molecule has 0 atom stereocenters. The number of carboxylic acid groups (broad SMARTS) is 2. The fourth-order valence-electron chi connectivity index (χ4n) is 1.70. The summed E-state index contributed by atoms with van der Waals surface area (Å²) in [6.07, 6.45) is 6.60. The lowest BCUT2D eigenvalue weighted by Crippen LogP contribution is -1.99. The second-order valence-corrected chi connectivity index (χ2v) is 6.96. The van der Waals surface area contributed by atoms with Crippen molar-refractivity contribution in [2.75, 3.05) is 13.2 Å². The molecule has 0 rings (SSSR count). The fourth-order valence-corrected chi connectivity index (χ4v) is 2.50. The van der Waals surface area contributed by atoms with Crippen LogP contribution in [0.2, 0.25) is 0 Å². The smallest absolute Gasteiger partial charge is 0.472 e. The van der Waals surface area contributed by atoms with E-state index in [2.05, 4.69) is 0 Å². The van der Waals surface area contributed by atoms with Crippen LogP contribution < -0.4 is 0 Å². The van der Waals surface area contributed by atoms with Gasteiger partial charge in [-0.3, -0.25) is 9.05 Å². The number of hydrogen-bond donors (Lipinski definition) is 3. The Morgan fingerprint density at radius 3 is 1.52 bits per heavy atom. The highest BCUT2D eigenvalue weighted by atomic mass is 31.2. The number of phosphoric acid groups is 1. The highest BCUT2D eigenvalue weighted by Gasteiger charge is 2.19. The molecule has 0 heterocycles. The van der Waals surface area contributed by atoms with E-state index in [1.54, 1.807) is 12.2 Å². The molecule has 0 bridgehead atoms. The Bertz CT molecular complexity index is 494. The third-order valence-corrected chi connectivity index (χ3v) is 4.30. The van der Waals surface area contributed by atoms with Crippen molar-refractivity contribution in [3.8, 4) is 0 Å². The number of rotatable bonds is 14. The molecule has 0 spiro atoms. The molecule has 3 N–H and O–H groups in total. The molecule has 0 aromatic heterocycles. The van der Waals surface area contributed by atoms with Crippen LogP contribution in [0.15, 0.2) is 23.3 Å². The SMILES string of the molecule is CC(=CCCCCOP(=O)(O)OCCCCC=C(C)C(=O)O)C(=O)O. The van der Waals surface area contributed by atoms with Crippen molar-refractivity contribution in [3.05, 3.63) is 23.3 Å². The Balaban J connectivity index is 3.76. The Morgan fingerprint density at radius 2 is 1.20 bits per heavy atom. The molecule has 0 unspecified atom stereocenters.